The summed E-state index contributed by atoms with van der Waals surface area (Å²) in [5.74, 6) is -1.63. The highest BCUT2D eigenvalue weighted by atomic mass is 16.5. The summed E-state index contributed by atoms with van der Waals surface area (Å²) in [4.78, 5) is 64.4. The number of nitrogens with zero attached hydrogens (tertiary/aromatic N) is 2. The van der Waals surface area contributed by atoms with Gasteiger partial charge in [-0.05, 0) is 35.4 Å². The molecule has 1 aromatic carbocycles. The molecule has 4 amide bonds. The Morgan fingerprint density at radius 2 is 1.54 bits per heavy atom. The molecule has 272 valence electrons. The molecule has 0 aliphatic carbocycles. The Kier molecular flexibility index (Phi) is 16.4. The minimum Gasteiger partial charge on any atom is -0.445 e. The van der Waals surface area contributed by atoms with E-state index in [-0.39, 0.29) is 44.3 Å². The van der Waals surface area contributed by atoms with Gasteiger partial charge >= 0.3 is 6.09 Å². The van der Waals surface area contributed by atoms with Gasteiger partial charge in [-0.2, -0.15) is 0 Å². The van der Waals surface area contributed by atoms with E-state index in [4.69, 9.17) is 4.74 Å². The lowest BCUT2D eigenvalue weighted by Gasteiger charge is -2.29. The van der Waals surface area contributed by atoms with Crippen molar-refractivity contribution in [2.24, 2.45) is 11.8 Å². The Labute approximate surface area is 293 Å². The fraction of sp³-hybridized carbons (Fsp3) is 0.500. The first-order valence-electron chi connectivity index (χ1n) is 17.0. The molecular formula is C36H51N7O7. The molecule has 0 bridgehead atoms. The Morgan fingerprint density at radius 1 is 0.840 bits per heavy atom. The SMILES string of the molecule is CCC(C)[C@@H](CO)NC(=O)CC(O)C(CC(C)C)NC(=O)[C@H](Cc1cnc[nH]1)NC(=O)[C@H](Cc1cccnc1)NC(=O)OCc1ccccc1. The number of aliphatic hydroxyl groups is 2. The second-order valence-corrected chi connectivity index (χ2v) is 12.9. The number of nitrogens with one attached hydrogen (secondary N) is 5. The number of ether oxygens (including phenoxy) is 1. The summed E-state index contributed by atoms with van der Waals surface area (Å²) in [5.41, 5.74) is 2.00. The number of H-pyrrole nitrogens is 1. The van der Waals surface area contributed by atoms with E-state index >= 15 is 0 Å². The zero-order valence-corrected chi connectivity index (χ0v) is 29.2. The molecule has 3 rings (SSSR count). The molecule has 7 N–H and O–H groups in total. The average molecular weight is 694 g/mol. The first-order valence-corrected chi connectivity index (χ1v) is 17.0. The summed E-state index contributed by atoms with van der Waals surface area (Å²) in [6, 6.07) is 8.99. The molecule has 0 fully saturated rings. The number of aromatic nitrogens is 3. The Morgan fingerprint density at radius 3 is 2.16 bits per heavy atom. The molecule has 0 aliphatic rings. The van der Waals surface area contributed by atoms with Crippen molar-refractivity contribution in [3.63, 3.8) is 0 Å². The smallest absolute Gasteiger partial charge is 0.408 e. The zero-order valence-electron chi connectivity index (χ0n) is 29.2. The Hall–Kier alpha value is -4.82. The third-order valence-corrected chi connectivity index (χ3v) is 8.38. The van der Waals surface area contributed by atoms with Gasteiger partial charge in [-0.15, -0.1) is 0 Å². The topological polar surface area (TPSA) is 208 Å². The van der Waals surface area contributed by atoms with Gasteiger partial charge in [0.15, 0.2) is 0 Å². The number of benzene rings is 1. The second kappa shape index (κ2) is 20.6. The number of alkyl carbamates (subject to hydrolysis) is 1. The number of carbonyl (C=O) groups excluding carboxylic acids is 4. The number of hydrogen-bond donors (Lipinski definition) is 7. The first-order chi connectivity index (χ1) is 24.0. The number of aromatic amines is 1. The summed E-state index contributed by atoms with van der Waals surface area (Å²) in [7, 11) is 0. The van der Waals surface area contributed by atoms with Crippen LogP contribution in [0.3, 0.4) is 0 Å². The second-order valence-electron chi connectivity index (χ2n) is 12.9. The third-order valence-electron chi connectivity index (χ3n) is 8.38. The fourth-order valence-corrected chi connectivity index (χ4v) is 5.32. The van der Waals surface area contributed by atoms with Gasteiger partial charge in [-0.25, -0.2) is 9.78 Å². The predicted molar refractivity (Wildman–Crippen MR) is 186 cm³/mol. The van der Waals surface area contributed by atoms with Crippen LogP contribution < -0.4 is 21.3 Å². The molecule has 0 spiro atoms. The number of amides is 4. The van der Waals surface area contributed by atoms with Gasteiger partial charge in [-0.3, -0.25) is 19.4 Å². The molecule has 0 radical (unpaired) electrons. The van der Waals surface area contributed by atoms with Crippen molar-refractivity contribution in [1.29, 1.82) is 0 Å². The molecule has 0 saturated carbocycles. The van der Waals surface area contributed by atoms with Crippen molar-refractivity contribution in [3.8, 4) is 0 Å². The third kappa shape index (κ3) is 13.6. The van der Waals surface area contributed by atoms with Crippen LogP contribution in [0.15, 0.2) is 67.4 Å². The summed E-state index contributed by atoms with van der Waals surface area (Å²) in [5, 5.41) is 31.9. The zero-order chi connectivity index (χ0) is 36.5. The lowest BCUT2D eigenvalue weighted by atomic mass is 9.95. The van der Waals surface area contributed by atoms with Gasteiger partial charge in [0.2, 0.25) is 17.7 Å². The van der Waals surface area contributed by atoms with Crippen molar-refractivity contribution in [2.75, 3.05) is 6.61 Å². The maximum Gasteiger partial charge on any atom is 0.408 e. The normalized spacial score (nSPS) is 14.8. The molecule has 0 saturated heterocycles. The van der Waals surface area contributed by atoms with E-state index in [9.17, 15) is 29.4 Å². The monoisotopic (exact) mass is 693 g/mol. The Bertz CT molecular complexity index is 1460. The van der Waals surface area contributed by atoms with Crippen LogP contribution in [-0.4, -0.2) is 85.9 Å². The van der Waals surface area contributed by atoms with Gasteiger partial charge in [0.25, 0.3) is 0 Å². The van der Waals surface area contributed by atoms with Crippen LogP contribution >= 0.6 is 0 Å². The molecule has 2 heterocycles. The van der Waals surface area contributed by atoms with Gasteiger partial charge in [0, 0.05) is 37.1 Å². The van der Waals surface area contributed by atoms with Crippen molar-refractivity contribution >= 4 is 23.8 Å². The molecule has 50 heavy (non-hydrogen) atoms. The molecule has 14 nitrogen and oxygen atoms in total. The van der Waals surface area contributed by atoms with Gasteiger partial charge in [0.1, 0.15) is 18.7 Å². The summed E-state index contributed by atoms with van der Waals surface area (Å²) in [6.07, 6.45) is 4.95. The highest BCUT2D eigenvalue weighted by molar-refractivity contribution is 5.91. The summed E-state index contributed by atoms with van der Waals surface area (Å²) >= 11 is 0. The van der Waals surface area contributed by atoms with Crippen molar-refractivity contribution in [1.82, 2.24) is 36.2 Å². The molecular weight excluding hydrogens is 642 g/mol. The van der Waals surface area contributed by atoms with Gasteiger partial charge in [-0.1, -0.05) is 70.5 Å². The minimum atomic E-state index is -1.25. The van der Waals surface area contributed by atoms with E-state index in [0.29, 0.717) is 17.7 Å². The highest BCUT2D eigenvalue weighted by Gasteiger charge is 2.32. The predicted octanol–water partition coefficient (Wildman–Crippen LogP) is 2.17. The van der Waals surface area contributed by atoms with E-state index in [2.05, 4.69) is 36.2 Å². The van der Waals surface area contributed by atoms with Gasteiger partial charge < -0.3 is 41.2 Å². The quantitative estimate of drug-likeness (QED) is 0.0924. The van der Waals surface area contributed by atoms with Crippen molar-refractivity contribution in [2.45, 2.75) is 96.7 Å². The summed E-state index contributed by atoms with van der Waals surface area (Å²) < 4.78 is 5.37. The standard InChI is InChI=1S/C36H51N7O7/c1-5-24(4)31(20-44)40-33(46)17-32(45)28(14-23(2)3)41-35(48)30(16-27-19-38-22-39-27)42-34(47)29(15-26-12-9-13-37-18-26)43-36(49)50-21-25-10-7-6-8-11-25/h6-13,18-19,22-24,28-32,44-45H,5,14-17,20-21H2,1-4H3,(H,38,39)(H,40,46)(H,41,48)(H,42,47)(H,43,49)/t24?,28?,29-,30-,31+,32?/m0/s1. The van der Waals surface area contributed by atoms with Gasteiger partial charge in [0.05, 0.1) is 37.5 Å². The number of hydrogen-bond acceptors (Lipinski definition) is 9. The number of carbonyl (C=O) groups is 4. The van der Waals surface area contributed by atoms with E-state index < -0.39 is 54.1 Å². The average Bonchev–Trinajstić information content (AvgIpc) is 3.62. The molecule has 0 aliphatic heterocycles. The first kappa shape index (κ1) is 39.6. The maximum absolute atomic E-state index is 13.9. The summed E-state index contributed by atoms with van der Waals surface area (Å²) in [6.45, 7) is 7.47. The fourth-order valence-electron chi connectivity index (χ4n) is 5.32. The molecule has 2 aromatic heterocycles. The van der Waals surface area contributed by atoms with Crippen LogP contribution in [0.4, 0.5) is 4.79 Å². The maximum atomic E-state index is 13.9. The number of imidazole rings is 1. The largest absolute Gasteiger partial charge is 0.445 e. The van der Waals surface area contributed by atoms with E-state index in [1.165, 1.54) is 12.5 Å². The van der Waals surface area contributed by atoms with Crippen molar-refractivity contribution in [3.05, 3.63) is 84.2 Å². The molecule has 6 atom stereocenters. The van der Waals surface area contributed by atoms with Crippen LogP contribution in [0, 0.1) is 11.8 Å². The van der Waals surface area contributed by atoms with Crippen LogP contribution in [-0.2, 0) is 38.6 Å². The number of aliphatic hydroxyl groups excluding tert-OH is 2. The molecule has 14 heteroatoms. The van der Waals surface area contributed by atoms with E-state index in [0.717, 1.165) is 12.0 Å². The van der Waals surface area contributed by atoms with Crippen molar-refractivity contribution < 1.29 is 34.1 Å². The van der Waals surface area contributed by atoms with E-state index in [1.54, 1.807) is 36.7 Å². The molecule has 3 aromatic rings. The van der Waals surface area contributed by atoms with E-state index in [1.807, 2.05) is 45.9 Å². The lowest BCUT2D eigenvalue weighted by Crippen LogP contribution is -2.57. The van der Waals surface area contributed by atoms with Crippen LogP contribution in [0.1, 0.15) is 63.8 Å². The van der Waals surface area contributed by atoms with Crippen LogP contribution in [0.5, 0.6) is 0 Å². The lowest BCUT2D eigenvalue weighted by molar-refractivity contribution is -0.131. The van der Waals surface area contributed by atoms with Crippen LogP contribution in [0.25, 0.3) is 0 Å². The van der Waals surface area contributed by atoms with Crippen LogP contribution in [0.2, 0.25) is 0 Å². The number of pyridine rings is 1. The number of rotatable bonds is 20. The minimum absolute atomic E-state index is 0.00532. The Balaban J connectivity index is 1.77. The highest BCUT2D eigenvalue weighted by Crippen LogP contribution is 2.14. The molecule has 3 unspecified atom stereocenters.